The smallest absolute Gasteiger partial charge is 0.235 e. The zero-order valence-electron chi connectivity index (χ0n) is 11.8. The first-order chi connectivity index (χ1) is 11.1. The van der Waals surface area contributed by atoms with E-state index in [0.29, 0.717) is 17.3 Å². The molecule has 23 heavy (non-hydrogen) atoms. The summed E-state index contributed by atoms with van der Waals surface area (Å²) in [5.74, 6) is -0.906. The van der Waals surface area contributed by atoms with Crippen molar-refractivity contribution in [3.63, 3.8) is 0 Å². The topological polar surface area (TPSA) is 86.7 Å². The van der Waals surface area contributed by atoms with Crippen LogP contribution in [0, 0.1) is 5.82 Å². The van der Waals surface area contributed by atoms with Crippen LogP contribution >= 0.6 is 23.1 Å². The van der Waals surface area contributed by atoms with Crippen molar-refractivity contribution >= 4 is 29.0 Å². The molecule has 0 saturated carbocycles. The summed E-state index contributed by atoms with van der Waals surface area (Å²) >= 11 is 2.74. The third kappa shape index (κ3) is 3.74. The summed E-state index contributed by atoms with van der Waals surface area (Å²) in [6.45, 7) is 0.516. The van der Waals surface area contributed by atoms with Crippen LogP contribution < -0.4 is 5.73 Å². The SMILES string of the molecule is NC(=O)C(Sc1nnnn1Cc1cccs1)c1ccc(F)cc1. The van der Waals surface area contributed by atoms with E-state index in [1.54, 1.807) is 16.0 Å². The number of tetrazole rings is 1. The second kappa shape index (κ2) is 6.88. The van der Waals surface area contributed by atoms with Gasteiger partial charge in [-0.2, -0.15) is 0 Å². The van der Waals surface area contributed by atoms with Gasteiger partial charge < -0.3 is 5.73 Å². The minimum atomic E-state index is -0.691. The Labute approximate surface area is 139 Å². The quantitative estimate of drug-likeness (QED) is 0.690. The number of thiophene rings is 1. The number of aromatic nitrogens is 4. The largest absolute Gasteiger partial charge is 0.368 e. The number of benzene rings is 1. The van der Waals surface area contributed by atoms with Crippen LogP contribution in [0.5, 0.6) is 0 Å². The molecule has 0 aliphatic rings. The molecule has 0 aliphatic carbocycles. The average molecular weight is 349 g/mol. The van der Waals surface area contributed by atoms with E-state index >= 15 is 0 Å². The fourth-order valence-electron chi connectivity index (χ4n) is 1.96. The Kier molecular flexibility index (Phi) is 4.68. The molecule has 0 saturated heterocycles. The lowest BCUT2D eigenvalue weighted by Crippen LogP contribution is -2.19. The maximum absolute atomic E-state index is 13.0. The molecule has 9 heteroatoms. The number of nitrogens with zero attached hydrogens (tertiary/aromatic N) is 4. The highest BCUT2D eigenvalue weighted by molar-refractivity contribution is 8.00. The van der Waals surface area contributed by atoms with Crippen LogP contribution in [-0.4, -0.2) is 26.1 Å². The van der Waals surface area contributed by atoms with E-state index in [-0.39, 0.29) is 5.82 Å². The van der Waals surface area contributed by atoms with Crippen LogP contribution in [0.25, 0.3) is 0 Å². The van der Waals surface area contributed by atoms with Crippen molar-refractivity contribution in [2.75, 3.05) is 0 Å². The van der Waals surface area contributed by atoms with Crippen LogP contribution in [0.3, 0.4) is 0 Å². The van der Waals surface area contributed by atoms with E-state index in [1.165, 1.54) is 24.3 Å². The molecule has 1 amide bonds. The summed E-state index contributed by atoms with van der Waals surface area (Å²) < 4.78 is 14.7. The summed E-state index contributed by atoms with van der Waals surface area (Å²) in [4.78, 5) is 12.9. The van der Waals surface area contributed by atoms with Crippen molar-refractivity contribution in [2.45, 2.75) is 17.0 Å². The maximum Gasteiger partial charge on any atom is 0.235 e. The van der Waals surface area contributed by atoms with Gasteiger partial charge >= 0.3 is 0 Å². The van der Waals surface area contributed by atoms with E-state index in [4.69, 9.17) is 5.73 Å². The lowest BCUT2D eigenvalue weighted by molar-refractivity contribution is -0.117. The summed E-state index contributed by atoms with van der Waals surface area (Å²) in [6, 6.07) is 9.57. The molecule has 0 bridgehead atoms. The number of thioether (sulfide) groups is 1. The van der Waals surface area contributed by atoms with Gasteiger partial charge in [-0.1, -0.05) is 30.0 Å². The van der Waals surface area contributed by atoms with Crippen LogP contribution in [0.1, 0.15) is 15.7 Å². The van der Waals surface area contributed by atoms with Crippen molar-refractivity contribution < 1.29 is 9.18 Å². The lowest BCUT2D eigenvalue weighted by Gasteiger charge is -2.12. The number of nitrogens with two attached hydrogens (primary N) is 1. The molecule has 2 heterocycles. The highest BCUT2D eigenvalue weighted by Crippen LogP contribution is 2.33. The summed E-state index contributed by atoms with van der Waals surface area (Å²) in [6.07, 6.45) is 0. The first-order valence-corrected chi connectivity index (χ1v) is 8.39. The van der Waals surface area contributed by atoms with E-state index in [1.807, 2.05) is 17.5 Å². The van der Waals surface area contributed by atoms with Crippen molar-refractivity contribution in [1.29, 1.82) is 0 Å². The molecule has 1 unspecified atom stereocenters. The van der Waals surface area contributed by atoms with Gasteiger partial charge in [0.15, 0.2) is 0 Å². The van der Waals surface area contributed by atoms with E-state index in [0.717, 1.165) is 16.6 Å². The number of rotatable bonds is 6. The summed E-state index contributed by atoms with van der Waals surface area (Å²) in [7, 11) is 0. The third-order valence-corrected chi connectivity index (χ3v) is 5.14. The number of primary amides is 1. The van der Waals surface area contributed by atoms with E-state index in [2.05, 4.69) is 15.5 Å². The van der Waals surface area contributed by atoms with Crippen molar-refractivity contribution in [2.24, 2.45) is 5.73 Å². The van der Waals surface area contributed by atoms with Gasteiger partial charge in [0.05, 0.1) is 6.54 Å². The third-order valence-electron chi connectivity index (χ3n) is 3.04. The predicted octanol–water partition coefficient (Wildman–Crippen LogP) is 2.24. The summed E-state index contributed by atoms with van der Waals surface area (Å²) in [5.41, 5.74) is 6.09. The number of carbonyl (C=O) groups is 1. The normalized spacial score (nSPS) is 12.2. The first-order valence-electron chi connectivity index (χ1n) is 6.63. The molecule has 6 nitrogen and oxygen atoms in total. The molecule has 3 aromatic rings. The standard InChI is InChI=1S/C14H12FN5OS2/c15-10-5-3-9(4-6-10)12(13(16)21)23-14-17-18-19-20(14)8-11-2-1-7-22-11/h1-7,12H,8H2,(H2,16,21). The van der Waals surface area contributed by atoms with E-state index in [9.17, 15) is 9.18 Å². The van der Waals surface area contributed by atoms with Crippen molar-refractivity contribution in [3.05, 3.63) is 58.0 Å². The molecule has 1 aromatic carbocycles. The van der Waals surface area contributed by atoms with Gasteiger partial charge in [0.2, 0.25) is 11.1 Å². The van der Waals surface area contributed by atoms with Gasteiger partial charge in [-0.25, -0.2) is 9.07 Å². The monoisotopic (exact) mass is 349 g/mol. The molecule has 1 atom stereocenters. The average Bonchev–Trinajstić information content (AvgIpc) is 3.18. The second-order valence-corrected chi connectivity index (χ2v) is 6.75. The molecule has 0 fully saturated rings. The number of amides is 1. The van der Waals surface area contributed by atoms with Crippen molar-refractivity contribution in [1.82, 2.24) is 20.2 Å². The number of hydrogen-bond acceptors (Lipinski definition) is 6. The molecule has 0 spiro atoms. The zero-order chi connectivity index (χ0) is 16.2. The molecule has 0 aliphatic heterocycles. The van der Waals surface area contributed by atoms with Gasteiger partial charge in [0, 0.05) is 4.88 Å². The minimum absolute atomic E-state index is 0.371. The Bertz CT molecular complexity index is 788. The maximum atomic E-state index is 13.0. The number of carbonyl (C=O) groups excluding carboxylic acids is 1. The summed E-state index contributed by atoms with van der Waals surface area (Å²) in [5, 5.41) is 13.3. The Balaban J connectivity index is 1.82. The van der Waals surface area contributed by atoms with Crippen LogP contribution in [-0.2, 0) is 11.3 Å². The Morgan fingerprint density at radius 1 is 1.35 bits per heavy atom. The van der Waals surface area contributed by atoms with Gasteiger partial charge in [0.25, 0.3) is 0 Å². The predicted molar refractivity (Wildman–Crippen MR) is 85.4 cm³/mol. The zero-order valence-corrected chi connectivity index (χ0v) is 13.4. The Hall–Kier alpha value is -2.26. The number of hydrogen-bond donors (Lipinski definition) is 1. The highest BCUT2D eigenvalue weighted by atomic mass is 32.2. The Morgan fingerprint density at radius 3 is 2.78 bits per heavy atom. The Morgan fingerprint density at radius 2 is 2.13 bits per heavy atom. The molecular weight excluding hydrogens is 337 g/mol. The highest BCUT2D eigenvalue weighted by Gasteiger charge is 2.23. The molecule has 2 N–H and O–H groups in total. The fraction of sp³-hybridized carbons (Fsp3) is 0.143. The van der Waals surface area contributed by atoms with Crippen LogP contribution in [0.15, 0.2) is 46.9 Å². The van der Waals surface area contributed by atoms with Gasteiger partial charge in [0.1, 0.15) is 11.1 Å². The van der Waals surface area contributed by atoms with E-state index < -0.39 is 11.2 Å². The second-order valence-electron chi connectivity index (χ2n) is 4.65. The van der Waals surface area contributed by atoms with Crippen molar-refractivity contribution in [3.8, 4) is 0 Å². The van der Waals surface area contributed by atoms with Crippen LogP contribution in [0.4, 0.5) is 4.39 Å². The van der Waals surface area contributed by atoms with Gasteiger partial charge in [-0.3, -0.25) is 4.79 Å². The van der Waals surface area contributed by atoms with Gasteiger partial charge in [-0.15, -0.1) is 16.4 Å². The lowest BCUT2D eigenvalue weighted by atomic mass is 10.1. The molecule has 118 valence electrons. The number of halogens is 1. The molecule has 2 aromatic heterocycles. The molecule has 0 radical (unpaired) electrons. The van der Waals surface area contributed by atoms with Gasteiger partial charge in [-0.05, 0) is 39.6 Å². The first kappa shape index (κ1) is 15.6. The molecule has 3 rings (SSSR count). The molecular formula is C14H12FN5OS2. The fourth-order valence-corrected chi connectivity index (χ4v) is 3.58. The minimum Gasteiger partial charge on any atom is -0.368 e. The van der Waals surface area contributed by atoms with Crippen LogP contribution in [0.2, 0.25) is 0 Å².